The lowest BCUT2D eigenvalue weighted by Crippen LogP contribution is -2.46. The van der Waals surface area contributed by atoms with Gasteiger partial charge in [0, 0.05) is 44.6 Å². The topological polar surface area (TPSA) is 49.9 Å². The van der Waals surface area contributed by atoms with Gasteiger partial charge in [0.05, 0.1) is 12.5 Å². The zero-order valence-electron chi connectivity index (χ0n) is 13.3. The molecule has 0 aromatic carbocycles. The molecule has 1 saturated carbocycles. The number of hydrogen-bond donors (Lipinski definition) is 0. The molecule has 3 saturated heterocycles. The molecule has 0 N–H and O–H groups in total. The van der Waals surface area contributed by atoms with Crippen molar-refractivity contribution in [3.8, 4) is 0 Å². The van der Waals surface area contributed by atoms with E-state index in [1.54, 1.807) is 0 Å². The van der Waals surface area contributed by atoms with Crippen molar-refractivity contribution in [2.75, 3.05) is 39.4 Å². The fraction of sp³-hybridized carbons (Fsp3) is 0.882. The SMILES string of the molecule is O=C1CC2(CCN(C(=O)C3CCOC3)CC2)CN1CC1CC1. The highest BCUT2D eigenvalue weighted by Gasteiger charge is 2.46. The fourth-order valence-corrected chi connectivity index (χ4v) is 4.28. The van der Waals surface area contributed by atoms with E-state index in [4.69, 9.17) is 4.74 Å². The summed E-state index contributed by atoms with van der Waals surface area (Å²) in [7, 11) is 0. The second-order valence-electron chi connectivity index (χ2n) is 7.78. The van der Waals surface area contributed by atoms with Gasteiger partial charge < -0.3 is 14.5 Å². The van der Waals surface area contributed by atoms with Crippen LogP contribution in [-0.4, -0.2) is 61.0 Å². The van der Waals surface area contributed by atoms with Crippen LogP contribution in [0.3, 0.4) is 0 Å². The molecule has 4 aliphatic rings. The fourth-order valence-electron chi connectivity index (χ4n) is 4.28. The maximum atomic E-state index is 12.5. The first-order valence-electron chi connectivity index (χ1n) is 8.80. The van der Waals surface area contributed by atoms with Gasteiger partial charge in [0.1, 0.15) is 0 Å². The monoisotopic (exact) mass is 306 g/mol. The van der Waals surface area contributed by atoms with E-state index in [9.17, 15) is 9.59 Å². The van der Waals surface area contributed by atoms with E-state index in [1.807, 2.05) is 4.90 Å². The van der Waals surface area contributed by atoms with Crippen LogP contribution < -0.4 is 0 Å². The predicted molar refractivity (Wildman–Crippen MR) is 81.1 cm³/mol. The van der Waals surface area contributed by atoms with Gasteiger partial charge in [-0.15, -0.1) is 0 Å². The lowest BCUT2D eigenvalue weighted by atomic mass is 9.77. The zero-order valence-corrected chi connectivity index (χ0v) is 13.3. The molecule has 1 aliphatic carbocycles. The van der Waals surface area contributed by atoms with Crippen molar-refractivity contribution < 1.29 is 14.3 Å². The van der Waals surface area contributed by atoms with Gasteiger partial charge >= 0.3 is 0 Å². The molecule has 5 heteroatoms. The molecule has 1 atom stereocenters. The number of likely N-dealkylation sites (tertiary alicyclic amines) is 2. The van der Waals surface area contributed by atoms with E-state index in [-0.39, 0.29) is 17.2 Å². The Hall–Kier alpha value is -1.10. The van der Waals surface area contributed by atoms with E-state index in [2.05, 4.69) is 4.90 Å². The summed E-state index contributed by atoms with van der Waals surface area (Å²) in [6.07, 6.45) is 6.13. The molecule has 3 heterocycles. The van der Waals surface area contributed by atoms with Crippen LogP contribution in [0.25, 0.3) is 0 Å². The minimum atomic E-state index is 0.0747. The Kier molecular flexibility index (Phi) is 3.63. The first kappa shape index (κ1) is 14.5. The summed E-state index contributed by atoms with van der Waals surface area (Å²) in [4.78, 5) is 28.8. The molecular weight excluding hydrogens is 280 g/mol. The van der Waals surface area contributed by atoms with Gasteiger partial charge in [0.2, 0.25) is 11.8 Å². The highest BCUT2D eigenvalue weighted by molar-refractivity contribution is 5.81. The van der Waals surface area contributed by atoms with Crippen molar-refractivity contribution in [2.24, 2.45) is 17.3 Å². The predicted octanol–water partition coefficient (Wildman–Crippen LogP) is 1.27. The van der Waals surface area contributed by atoms with Crippen LogP contribution in [0.15, 0.2) is 0 Å². The maximum absolute atomic E-state index is 12.5. The number of ether oxygens (including phenoxy) is 1. The molecule has 4 fully saturated rings. The van der Waals surface area contributed by atoms with Crippen LogP contribution in [-0.2, 0) is 14.3 Å². The van der Waals surface area contributed by atoms with Gasteiger partial charge in [-0.05, 0) is 38.0 Å². The van der Waals surface area contributed by atoms with E-state index in [0.29, 0.717) is 18.9 Å². The molecule has 0 radical (unpaired) electrons. The van der Waals surface area contributed by atoms with Crippen molar-refractivity contribution in [3.05, 3.63) is 0 Å². The van der Waals surface area contributed by atoms with Gasteiger partial charge in [0.15, 0.2) is 0 Å². The van der Waals surface area contributed by atoms with Crippen LogP contribution in [0.2, 0.25) is 0 Å². The number of carbonyl (C=O) groups excluding carboxylic acids is 2. The maximum Gasteiger partial charge on any atom is 0.228 e. The highest BCUT2D eigenvalue weighted by atomic mass is 16.5. The number of hydrogen-bond acceptors (Lipinski definition) is 3. The number of nitrogens with zero attached hydrogens (tertiary/aromatic N) is 2. The third-order valence-corrected chi connectivity index (χ3v) is 6.00. The standard InChI is InChI=1S/C17H26N2O3/c20-15-9-17(12-19(15)10-13-1-2-13)4-6-18(7-5-17)16(21)14-3-8-22-11-14/h13-14H,1-12H2. The largest absolute Gasteiger partial charge is 0.381 e. The number of carbonyl (C=O) groups is 2. The third kappa shape index (κ3) is 2.75. The Labute approximate surface area is 132 Å². The quantitative estimate of drug-likeness (QED) is 0.789. The molecule has 22 heavy (non-hydrogen) atoms. The molecular formula is C17H26N2O3. The Bertz CT molecular complexity index is 461. The van der Waals surface area contributed by atoms with Crippen molar-refractivity contribution in [2.45, 2.75) is 38.5 Å². The summed E-state index contributed by atoms with van der Waals surface area (Å²) in [5.41, 5.74) is 0.148. The first-order valence-corrected chi connectivity index (χ1v) is 8.80. The summed E-state index contributed by atoms with van der Waals surface area (Å²) in [5.74, 6) is 1.45. The van der Waals surface area contributed by atoms with Crippen LogP contribution in [0.4, 0.5) is 0 Å². The van der Waals surface area contributed by atoms with Crippen LogP contribution in [0.1, 0.15) is 38.5 Å². The van der Waals surface area contributed by atoms with E-state index in [1.165, 1.54) is 12.8 Å². The molecule has 1 unspecified atom stereocenters. The Morgan fingerprint density at radius 3 is 2.64 bits per heavy atom. The summed E-state index contributed by atoms with van der Waals surface area (Å²) < 4.78 is 5.33. The van der Waals surface area contributed by atoms with Crippen molar-refractivity contribution in [1.82, 2.24) is 9.80 Å². The summed E-state index contributed by atoms with van der Waals surface area (Å²) >= 11 is 0. The molecule has 1 spiro atoms. The third-order valence-electron chi connectivity index (χ3n) is 6.00. The average Bonchev–Trinajstić information content (AvgIpc) is 3.06. The average molecular weight is 306 g/mol. The van der Waals surface area contributed by atoms with Gasteiger partial charge in [-0.2, -0.15) is 0 Å². The molecule has 3 aliphatic heterocycles. The summed E-state index contributed by atoms with van der Waals surface area (Å²) in [6, 6.07) is 0. The van der Waals surface area contributed by atoms with Crippen molar-refractivity contribution in [3.63, 3.8) is 0 Å². The zero-order chi connectivity index (χ0) is 15.2. The number of piperidine rings is 1. The molecule has 0 bridgehead atoms. The molecule has 2 amide bonds. The van der Waals surface area contributed by atoms with Gasteiger partial charge in [-0.25, -0.2) is 0 Å². The minimum Gasteiger partial charge on any atom is -0.381 e. The van der Waals surface area contributed by atoms with E-state index in [0.717, 1.165) is 58.0 Å². The lowest BCUT2D eigenvalue weighted by molar-refractivity contribution is -0.137. The second kappa shape index (κ2) is 5.52. The summed E-state index contributed by atoms with van der Waals surface area (Å²) in [6.45, 7) is 4.85. The van der Waals surface area contributed by atoms with Crippen LogP contribution in [0, 0.1) is 17.3 Å². The van der Waals surface area contributed by atoms with E-state index < -0.39 is 0 Å². The van der Waals surface area contributed by atoms with E-state index >= 15 is 0 Å². The molecule has 0 aromatic rings. The molecule has 5 nitrogen and oxygen atoms in total. The molecule has 122 valence electrons. The van der Waals surface area contributed by atoms with Gasteiger partial charge in [-0.1, -0.05) is 0 Å². The summed E-state index contributed by atoms with van der Waals surface area (Å²) in [5, 5.41) is 0. The van der Waals surface area contributed by atoms with Crippen LogP contribution in [0.5, 0.6) is 0 Å². The van der Waals surface area contributed by atoms with Crippen LogP contribution >= 0.6 is 0 Å². The Morgan fingerprint density at radius 2 is 2.00 bits per heavy atom. The number of rotatable bonds is 3. The van der Waals surface area contributed by atoms with Crippen molar-refractivity contribution in [1.29, 1.82) is 0 Å². The molecule has 4 rings (SSSR count). The van der Waals surface area contributed by atoms with Gasteiger partial charge in [-0.3, -0.25) is 9.59 Å². The second-order valence-corrected chi connectivity index (χ2v) is 7.78. The molecule has 0 aromatic heterocycles. The highest BCUT2D eigenvalue weighted by Crippen LogP contribution is 2.43. The first-order chi connectivity index (χ1) is 10.7. The van der Waals surface area contributed by atoms with Gasteiger partial charge in [0.25, 0.3) is 0 Å². The Morgan fingerprint density at radius 1 is 1.23 bits per heavy atom. The normalized spacial score (nSPS) is 31.3. The Balaban J connectivity index is 1.33. The lowest BCUT2D eigenvalue weighted by Gasteiger charge is -2.39. The minimum absolute atomic E-state index is 0.0747. The number of amides is 2. The smallest absolute Gasteiger partial charge is 0.228 e. The van der Waals surface area contributed by atoms with Crippen molar-refractivity contribution >= 4 is 11.8 Å².